The van der Waals surface area contributed by atoms with E-state index >= 15 is 0 Å². The Bertz CT molecular complexity index is 1040. The first-order valence-corrected chi connectivity index (χ1v) is 9.56. The van der Waals surface area contributed by atoms with Crippen molar-refractivity contribution in [2.45, 2.75) is 0 Å². The molecule has 0 aliphatic carbocycles. The smallest absolute Gasteiger partial charge is 0.308 e. The number of benzene rings is 2. The van der Waals surface area contributed by atoms with Crippen molar-refractivity contribution in [2.75, 3.05) is 5.32 Å². The monoisotopic (exact) mass is 475 g/mol. The highest BCUT2D eigenvalue weighted by molar-refractivity contribution is 6.40. The maximum atomic E-state index is 12.1. The van der Waals surface area contributed by atoms with Gasteiger partial charge >= 0.3 is 6.03 Å². The summed E-state index contributed by atoms with van der Waals surface area (Å²) >= 11 is 30.8. The summed E-state index contributed by atoms with van der Waals surface area (Å²) in [6.45, 7) is 0. The van der Waals surface area contributed by atoms with Crippen molar-refractivity contribution in [2.24, 2.45) is 0 Å². The molecule has 0 radical (unpaired) electrons. The quantitative estimate of drug-likeness (QED) is 0.441. The molecular formula is C18H10Cl5N3O2. The molecule has 0 fully saturated rings. The highest BCUT2D eigenvalue weighted by Crippen LogP contribution is 2.36. The highest BCUT2D eigenvalue weighted by Gasteiger charge is 2.17. The number of rotatable bonds is 3. The van der Waals surface area contributed by atoms with E-state index in [4.69, 9.17) is 58.0 Å². The minimum atomic E-state index is -0.776. The molecule has 0 saturated carbocycles. The third-order valence-corrected chi connectivity index (χ3v) is 5.13. The number of hydrogen-bond donors (Lipinski definition) is 2. The first-order chi connectivity index (χ1) is 13.3. The third kappa shape index (κ3) is 4.40. The van der Waals surface area contributed by atoms with Gasteiger partial charge in [-0.05, 0) is 36.4 Å². The first kappa shape index (κ1) is 20.8. The molecule has 0 bridgehead atoms. The minimum absolute atomic E-state index is 0.169. The number of carbonyl (C=O) groups is 2. The minimum Gasteiger partial charge on any atom is -0.308 e. The van der Waals surface area contributed by atoms with Crippen LogP contribution in [0.4, 0.5) is 10.5 Å². The second-order valence-corrected chi connectivity index (χ2v) is 7.49. The molecule has 0 atom stereocenters. The van der Waals surface area contributed by atoms with Gasteiger partial charge < -0.3 is 5.32 Å². The van der Waals surface area contributed by atoms with Gasteiger partial charge in [0.15, 0.2) is 0 Å². The summed E-state index contributed by atoms with van der Waals surface area (Å²) in [6.07, 6.45) is 0. The fourth-order valence-corrected chi connectivity index (χ4v) is 3.83. The van der Waals surface area contributed by atoms with Crippen LogP contribution < -0.4 is 10.6 Å². The number of nitrogens with one attached hydrogen (secondary N) is 2. The summed E-state index contributed by atoms with van der Waals surface area (Å²) in [7, 11) is 0. The van der Waals surface area contributed by atoms with E-state index in [0.29, 0.717) is 16.0 Å². The lowest BCUT2D eigenvalue weighted by atomic mass is 10.2. The fraction of sp³-hybridized carbons (Fsp3) is 0. The van der Waals surface area contributed by atoms with Crippen LogP contribution in [0, 0.1) is 0 Å². The number of hydrogen-bond acceptors (Lipinski definition) is 2. The van der Waals surface area contributed by atoms with Crippen LogP contribution in [0.2, 0.25) is 25.4 Å². The average Bonchev–Trinajstić information content (AvgIpc) is 2.94. The second-order valence-electron chi connectivity index (χ2n) is 5.49. The molecule has 0 aliphatic rings. The van der Waals surface area contributed by atoms with Gasteiger partial charge in [-0.2, -0.15) is 0 Å². The Morgan fingerprint density at radius 3 is 1.93 bits per heavy atom. The molecule has 0 spiro atoms. The van der Waals surface area contributed by atoms with E-state index in [1.54, 1.807) is 30.3 Å². The number of anilines is 1. The molecule has 2 aromatic carbocycles. The molecular weight excluding hydrogens is 467 g/mol. The molecule has 28 heavy (non-hydrogen) atoms. The predicted molar refractivity (Wildman–Crippen MR) is 114 cm³/mol. The lowest BCUT2D eigenvalue weighted by Crippen LogP contribution is -2.34. The Hall–Kier alpha value is -1.89. The Morgan fingerprint density at radius 1 is 0.786 bits per heavy atom. The molecule has 2 N–H and O–H groups in total. The Labute approximate surface area is 185 Å². The van der Waals surface area contributed by atoms with Crippen LogP contribution in [0.5, 0.6) is 0 Å². The molecule has 5 nitrogen and oxygen atoms in total. The highest BCUT2D eigenvalue weighted by atomic mass is 35.5. The van der Waals surface area contributed by atoms with Gasteiger partial charge in [0.2, 0.25) is 0 Å². The van der Waals surface area contributed by atoms with Crippen LogP contribution in [0.15, 0.2) is 48.5 Å². The van der Waals surface area contributed by atoms with Crippen LogP contribution >= 0.6 is 58.0 Å². The average molecular weight is 478 g/mol. The lowest BCUT2D eigenvalue weighted by molar-refractivity contribution is 0.0967. The topological polar surface area (TPSA) is 63.1 Å². The molecule has 1 aromatic heterocycles. The van der Waals surface area contributed by atoms with E-state index < -0.39 is 11.9 Å². The van der Waals surface area contributed by atoms with Crippen molar-refractivity contribution in [3.8, 4) is 5.69 Å². The van der Waals surface area contributed by atoms with Crippen molar-refractivity contribution in [1.29, 1.82) is 0 Å². The molecule has 144 valence electrons. The Morgan fingerprint density at radius 2 is 1.36 bits per heavy atom. The van der Waals surface area contributed by atoms with Gasteiger partial charge in [0.25, 0.3) is 5.91 Å². The van der Waals surface area contributed by atoms with Crippen molar-refractivity contribution < 1.29 is 9.59 Å². The van der Waals surface area contributed by atoms with Gasteiger partial charge in [0.05, 0.1) is 26.3 Å². The summed E-state index contributed by atoms with van der Waals surface area (Å²) in [6, 6.07) is 11.7. The standard InChI is InChI=1S/C18H10Cl5N3O2/c19-11-4-2-1-3-10(11)17(27)25-18(28)24-9-7-12(20)16(13(21)8-9)26-14(22)5-6-15(26)23/h1-8H,(H2,24,25,27,28). The van der Waals surface area contributed by atoms with Crippen molar-refractivity contribution in [3.05, 3.63) is 79.5 Å². The number of carbonyl (C=O) groups excluding carboxylic acids is 2. The van der Waals surface area contributed by atoms with E-state index in [1.807, 2.05) is 0 Å². The van der Waals surface area contributed by atoms with Crippen LogP contribution in [-0.2, 0) is 0 Å². The summed E-state index contributed by atoms with van der Waals surface area (Å²) in [5.41, 5.74) is 0.798. The Kier molecular flexibility index (Phi) is 6.43. The van der Waals surface area contributed by atoms with E-state index in [-0.39, 0.29) is 26.3 Å². The normalized spacial score (nSPS) is 10.6. The molecule has 0 unspecified atom stereocenters. The van der Waals surface area contributed by atoms with Gasteiger partial charge in [-0.15, -0.1) is 0 Å². The van der Waals surface area contributed by atoms with Gasteiger partial charge in [0, 0.05) is 5.69 Å². The number of halogens is 5. The first-order valence-electron chi connectivity index (χ1n) is 7.67. The molecule has 0 saturated heterocycles. The lowest BCUT2D eigenvalue weighted by Gasteiger charge is -2.14. The van der Waals surface area contributed by atoms with Crippen LogP contribution in [-0.4, -0.2) is 16.5 Å². The number of nitrogens with zero attached hydrogens (tertiary/aromatic N) is 1. The number of urea groups is 1. The van der Waals surface area contributed by atoms with Crippen molar-refractivity contribution in [3.63, 3.8) is 0 Å². The molecule has 0 aliphatic heterocycles. The number of aromatic nitrogens is 1. The van der Waals surface area contributed by atoms with Crippen LogP contribution in [0.3, 0.4) is 0 Å². The van der Waals surface area contributed by atoms with E-state index in [1.165, 1.54) is 22.8 Å². The number of imide groups is 1. The summed E-state index contributed by atoms with van der Waals surface area (Å²) in [5.74, 6) is -0.650. The zero-order valence-corrected chi connectivity index (χ0v) is 17.6. The molecule has 3 amide bonds. The van der Waals surface area contributed by atoms with Gasteiger partial charge in [0.1, 0.15) is 10.3 Å². The summed E-state index contributed by atoms with van der Waals surface area (Å²) in [5, 5.41) is 5.91. The predicted octanol–water partition coefficient (Wildman–Crippen LogP) is 6.71. The molecule has 10 heteroatoms. The van der Waals surface area contributed by atoms with E-state index in [0.717, 1.165) is 0 Å². The zero-order chi connectivity index (χ0) is 20.4. The third-order valence-electron chi connectivity index (χ3n) is 3.63. The van der Waals surface area contributed by atoms with E-state index in [2.05, 4.69) is 10.6 Å². The molecule has 3 aromatic rings. The molecule has 1 heterocycles. The summed E-state index contributed by atoms with van der Waals surface area (Å²) < 4.78 is 1.46. The second kappa shape index (κ2) is 8.64. The van der Waals surface area contributed by atoms with Crippen LogP contribution in [0.25, 0.3) is 5.69 Å². The largest absolute Gasteiger partial charge is 0.326 e. The SMILES string of the molecule is O=C(NC(=O)c1ccccc1Cl)Nc1cc(Cl)c(-n2c(Cl)ccc2Cl)c(Cl)c1. The maximum Gasteiger partial charge on any atom is 0.326 e. The van der Waals surface area contributed by atoms with Crippen LogP contribution in [0.1, 0.15) is 10.4 Å². The maximum absolute atomic E-state index is 12.1. The fourth-order valence-electron chi connectivity index (χ4n) is 2.43. The van der Waals surface area contributed by atoms with Crippen molar-refractivity contribution >= 4 is 75.6 Å². The molecule has 3 rings (SSSR count). The Balaban J connectivity index is 1.79. The number of amides is 3. The van der Waals surface area contributed by atoms with Gasteiger partial charge in [-0.1, -0.05) is 70.1 Å². The van der Waals surface area contributed by atoms with Gasteiger partial charge in [-0.3, -0.25) is 14.7 Å². The summed E-state index contributed by atoms with van der Waals surface area (Å²) in [4.78, 5) is 24.3. The zero-order valence-electron chi connectivity index (χ0n) is 13.8. The van der Waals surface area contributed by atoms with Gasteiger partial charge in [-0.25, -0.2) is 4.79 Å². The van der Waals surface area contributed by atoms with Crippen molar-refractivity contribution in [1.82, 2.24) is 9.88 Å². The van der Waals surface area contributed by atoms with E-state index in [9.17, 15) is 9.59 Å².